The number of carbonyl (C=O) groups is 1. The predicted molar refractivity (Wildman–Crippen MR) is 96.3 cm³/mol. The van der Waals surface area contributed by atoms with Crippen LogP contribution in [-0.2, 0) is 4.79 Å². The molecule has 0 bridgehead atoms. The molecule has 0 aliphatic carbocycles. The van der Waals surface area contributed by atoms with E-state index in [1.165, 1.54) is 0 Å². The van der Waals surface area contributed by atoms with Crippen molar-refractivity contribution in [1.29, 1.82) is 0 Å². The number of carbonyl (C=O) groups excluding carboxylic acids is 1. The highest BCUT2D eigenvalue weighted by Crippen LogP contribution is 2.25. The topological polar surface area (TPSA) is 70.2 Å². The number of H-pyrrole nitrogens is 1. The highest BCUT2D eigenvalue weighted by atomic mass is 16.5. The maximum absolute atomic E-state index is 12.4. The quantitative estimate of drug-likeness (QED) is 0.843. The third-order valence-electron chi connectivity index (χ3n) is 4.62. The van der Waals surface area contributed by atoms with Crippen LogP contribution in [0.25, 0.3) is 11.1 Å². The summed E-state index contributed by atoms with van der Waals surface area (Å²) >= 11 is 0. The lowest BCUT2D eigenvalue weighted by atomic mass is 9.98. The Hall–Kier alpha value is -2.34. The molecule has 133 valence electrons. The zero-order valence-electron chi connectivity index (χ0n) is 14.8. The molecule has 2 heterocycles. The van der Waals surface area contributed by atoms with E-state index in [1.54, 1.807) is 4.90 Å². The Morgan fingerprint density at radius 3 is 3.08 bits per heavy atom. The predicted octanol–water partition coefficient (Wildman–Crippen LogP) is 2.02. The normalized spacial score (nSPS) is 17.3. The van der Waals surface area contributed by atoms with Gasteiger partial charge in [0.1, 0.15) is 12.4 Å². The summed E-state index contributed by atoms with van der Waals surface area (Å²) in [6.07, 6.45) is 3.90. The van der Waals surface area contributed by atoms with Crippen LogP contribution in [0.3, 0.4) is 0 Å². The lowest BCUT2D eigenvalue weighted by Crippen LogP contribution is -2.42. The molecule has 1 radical (unpaired) electrons. The average molecular weight is 341 g/mol. The highest BCUT2D eigenvalue weighted by molar-refractivity contribution is 5.78. The van der Waals surface area contributed by atoms with Gasteiger partial charge in [0.15, 0.2) is 0 Å². The summed E-state index contributed by atoms with van der Waals surface area (Å²) in [7, 11) is 1.84. The van der Waals surface area contributed by atoms with Gasteiger partial charge in [-0.05, 0) is 56.1 Å². The number of nitrogens with one attached hydrogen (secondary N) is 2. The number of aryl methyl sites for hydroxylation is 1. The number of hydrogen-bond acceptors (Lipinski definition) is 4. The van der Waals surface area contributed by atoms with Gasteiger partial charge in [0.2, 0.25) is 5.91 Å². The van der Waals surface area contributed by atoms with Gasteiger partial charge in [-0.1, -0.05) is 0 Å². The van der Waals surface area contributed by atoms with Crippen LogP contribution in [0.5, 0.6) is 5.75 Å². The zero-order chi connectivity index (χ0) is 17.6. The summed E-state index contributed by atoms with van der Waals surface area (Å²) in [6.45, 7) is 4.79. The molecular weight excluding hydrogens is 316 g/mol. The molecule has 1 aromatic carbocycles. The molecule has 1 aromatic heterocycles. The summed E-state index contributed by atoms with van der Waals surface area (Å²) in [6, 6.07) is 8.80. The Kier molecular flexibility index (Phi) is 5.71. The average Bonchev–Trinajstić information content (AvgIpc) is 3.08. The number of rotatable bonds is 6. The van der Waals surface area contributed by atoms with Crippen LogP contribution in [0.2, 0.25) is 0 Å². The Morgan fingerprint density at radius 2 is 2.36 bits per heavy atom. The van der Waals surface area contributed by atoms with Crippen LogP contribution < -0.4 is 10.1 Å². The molecule has 1 fully saturated rings. The molecule has 1 aliphatic rings. The summed E-state index contributed by atoms with van der Waals surface area (Å²) < 4.78 is 5.82. The van der Waals surface area contributed by atoms with Crippen LogP contribution in [0.4, 0.5) is 0 Å². The minimum atomic E-state index is 0.0967. The van der Waals surface area contributed by atoms with Crippen molar-refractivity contribution < 1.29 is 9.53 Å². The van der Waals surface area contributed by atoms with E-state index in [-0.39, 0.29) is 11.8 Å². The first-order valence-electron chi connectivity index (χ1n) is 8.75. The van der Waals surface area contributed by atoms with E-state index in [0.717, 1.165) is 48.5 Å². The SMILES string of the molecule is Cc1n[nH]cc1-c1c[c]cc(OCCN(C)C(=O)[C@H]2CCCNC2)c1. The molecule has 1 saturated heterocycles. The highest BCUT2D eigenvalue weighted by Gasteiger charge is 2.23. The van der Waals surface area contributed by atoms with E-state index in [9.17, 15) is 4.79 Å². The first kappa shape index (κ1) is 17.5. The van der Waals surface area contributed by atoms with Gasteiger partial charge in [0, 0.05) is 25.4 Å². The third kappa shape index (κ3) is 4.39. The van der Waals surface area contributed by atoms with Crippen molar-refractivity contribution in [3.8, 4) is 16.9 Å². The second-order valence-corrected chi connectivity index (χ2v) is 6.49. The second-order valence-electron chi connectivity index (χ2n) is 6.49. The van der Waals surface area contributed by atoms with Crippen molar-refractivity contribution in [2.24, 2.45) is 5.92 Å². The van der Waals surface area contributed by atoms with Crippen molar-refractivity contribution >= 4 is 5.91 Å². The summed E-state index contributed by atoms with van der Waals surface area (Å²) in [5.41, 5.74) is 3.00. The van der Waals surface area contributed by atoms with Crippen molar-refractivity contribution in [2.75, 3.05) is 33.3 Å². The number of nitrogens with zero attached hydrogens (tertiary/aromatic N) is 2. The lowest BCUT2D eigenvalue weighted by Gasteiger charge is -2.27. The van der Waals surface area contributed by atoms with E-state index in [1.807, 2.05) is 38.4 Å². The molecule has 25 heavy (non-hydrogen) atoms. The molecule has 1 amide bonds. The first-order valence-corrected chi connectivity index (χ1v) is 8.75. The van der Waals surface area contributed by atoms with Gasteiger partial charge in [0.25, 0.3) is 0 Å². The Balaban J connectivity index is 1.52. The second kappa shape index (κ2) is 8.16. The number of benzene rings is 1. The van der Waals surface area contributed by atoms with Crippen LogP contribution >= 0.6 is 0 Å². The fourth-order valence-electron chi connectivity index (χ4n) is 3.12. The Bertz CT molecular complexity index is 707. The van der Waals surface area contributed by atoms with E-state index in [4.69, 9.17) is 4.74 Å². The number of hydrogen-bond donors (Lipinski definition) is 2. The molecule has 0 unspecified atom stereocenters. The van der Waals surface area contributed by atoms with Crippen molar-refractivity contribution in [2.45, 2.75) is 19.8 Å². The van der Waals surface area contributed by atoms with E-state index < -0.39 is 0 Å². The lowest BCUT2D eigenvalue weighted by molar-refractivity contribution is -0.135. The summed E-state index contributed by atoms with van der Waals surface area (Å²) in [5.74, 6) is 1.04. The number of piperidine rings is 1. The molecule has 2 aromatic rings. The van der Waals surface area contributed by atoms with Crippen molar-refractivity contribution in [3.05, 3.63) is 36.2 Å². The molecular formula is C19H25N4O2. The molecule has 1 atom stereocenters. The van der Waals surface area contributed by atoms with Crippen LogP contribution in [0, 0.1) is 18.9 Å². The van der Waals surface area contributed by atoms with E-state index in [2.05, 4.69) is 21.6 Å². The van der Waals surface area contributed by atoms with Crippen LogP contribution in [0.1, 0.15) is 18.5 Å². The van der Waals surface area contributed by atoms with Crippen molar-refractivity contribution in [3.63, 3.8) is 0 Å². The Morgan fingerprint density at radius 1 is 1.48 bits per heavy atom. The summed E-state index contributed by atoms with van der Waals surface area (Å²) in [5, 5.41) is 10.3. The minimum Gasteiger partial charge on any atom is -0.492 e. The first-order chi connectivity index (χ1) is 12.1. The standard InChI is InChI=1S/C19H25N4O2/c1-14-18(13-21-22-14)15-5-3-7-17(11-15)25-10-9-23(2)19(24)16-6-4-8-20-12-16/h5,7,11,13,16,20H,4,6,8-10,12H2,1-2H3,(H,21,22)/t16-/m0/s1. The van der Waals surface area contributed by atoms with Gasteiger partial charge in [-0.3, -0.25) is 9.89 Å². The van der Waals surface area contributed by atoms with Gasteiger partial charge in [0.05, 0.1) is 18.2 Å². The van der Waals surface area contributed by atoms with Gasteiger partial charge in [-0.15, -0.1) is 0 Å². The largest absolute Gasteiger partial charge is 0.492 e. The number of amides is 1. The fraction of sp³-hybridized carbons (Fsp3) is 0.474. The van der Waals surface area contributed by atoms with Crippen LogP contribution in [-0.4, -0.2) is 54.3 Å². The number of ether oxygens (including phenoxy) is 1. The number of aromatic nitrogens is 2. The molecule has 0 spiro atoms. The maximum Gasteiger partial charge on any atom is 0.226 e. The fourth-order valence-corrected chi connectivity index (χ4v) is 3.12. The number of likely N-dealkylation sites (N-methyl/N-ethyl adjacent to an activating group) is 1. The minimum absolute atomic E-state index is 0.0967. The van der Waals surface area contributed by atoms with Gasteiger partial charge in [-0.2, -0.15) is 5.10 Å². The van der Waals surface area contributed by atoms with Gasteiger partial charge < -0.3 is 15.0 Å². The van der Waals surface area contributed by atoms with Gasteiger partial charge in [-0.25, -0.2) is 0 Å². The number of aromatic amines is 1. The maximum atomic E-state index is 12.4. The summed E-state index contributed by atoms with van der Waals surface area (Å²) in [4.78, 5) is 14.2. The molecule has 3 rings (SSSR count). The zero-order valence-corrected chi connectivity index (χ0v) is 14.8. The molecule has 0 saturated carbocycles. The van der Waals surface area contributed by atoms with E-state index >= 15 is 0 Å². The monoisotopic (exact) mass is 341 g/mol. The van der Waals surface area contributed by atoms with E-state index in [0.29, 0.717) is 13.2 Å². The molecule has 6 nitrogen and oxygen atoms in total. The molecule has 2 N–H and O–H groups in total. The smallest absolute Gasteiger partial charge is 0.226 e. The van der Waals surface area contributed by atoms with Gasteiger partial charge >= 0.3 is 0 Å². The Labute approximate surface area is 148 Å². The van der Waals surface area contributed by atoms with Crippen molar-refractivity contribution in [1.82, 2.24) is 20.4 Å². The third-order valence-corrected chi connectivity index (χ3v) is 4.62. The molecule has 6 heteroatoms. The molecule has 1 aliphatic heterocycles. The van der Waals surface area contributed by atoms with Crippen LogP contribution in [0.15, 0.2) is 24.4 Å².